The van der Waals surface area contributed by atoms with E-state index >= 15 is 0 Å². The molecule has 1 amide bonds. The minimum Gasteiger partial charge on any atom is -0.332 e. The van der Waals surface area contributed by atoms with Crippen LogP contribution in [0.3, 0.4) is 0 Å². The molecule has 0 N–H and O–H groups in total. The third kappa shape index (κ3) is 3.66. The SMILES string of the molecule is CC(C)CC1=NCc2ccc(C(=O)N3CCC[C@H]3c3ccc(Cl)cc3)cc21. The zero-order valence-electron chi connectivity index (χ0n) is 15.9. The lowest BCUT2D eigenvalue weighted by molar-refractivity contribution is 0.0735. The molecule has 0 aliphatic carbocycles. The van der Waals surface area contributed by atoms with Gasteiger partial charge in [0.25, 0.3) is 5.91 Å². The molecule has 1 fully saturated rings. The number of likely N-dealkylation sites (tertiary alicyclic amines) is 1. The lowest BCUT2D eigenvalue weighted by atomic mass is 9.96. The maximum Gasteiger partial charge on any atom is 0.254 e. The van der Waals surface area contributed by atoms with Crippen molar-refractivity contribution in [1.82, 2.24) is 4.90 Å². The molecule has 0 unspecified atom stereocenters. The van der Waals surface area contributed by atoms with Crippen LogP contribution in [0.5, 0.6) is 0 Å². The van der Waals surface area contributed by atoms with Crippen molar-refractivity contribution in [3.63, 3.8) is 0 Å². The van der Waals surface area contributed by atoms with E-state index in [0.717, 1.165) is 59.8 Å². The van der Waals surface area contributed by atoms with Crippen molar-refractivity contribution in [2.45, 2.75) is 45.7 Å². The number of benzene rings is 2. The van der Waals surface area contributed by atoms with Crippen LogP contribution < -0.4 is 0 Å². The Morgan fingerprint density at radius 3 is 2.74 bits per heavy atom. The van der Waals surface area contributed by atoms with E-state index in [1.54, 1.807) is 0 Å². The molecular formula is C23H25ClN2O. The van der Waals surface area contributed by atoms with Crippen molar-refractivity contribution in [3.05, 3.63) is 69.7 Å². The summed E-state index contributed by atoms with van der Waals surface area (Å²) in [5.41, 5.74) is 5.47. The molecule has 140 valence electrons. The van der Waals surface area contributed by atoms with Crippen LogP contribution in [0.25, 0.3) is 0 Å². The van der Waals surface area contributed by atoms with Gasteiger partial charge in [-0.1, -0.05) is 43.6 Å². The maximum absolute atomic E-state index is 13.3. The highest BCUT2D eigenvalue weighted by Gasteiger charge is 2.31. The highest BCUT2D eigenvalue weighted by molar-refractivity contribution is 6.30. The van der Waals surface area contributed by atoms with Gasteiger partial charge in [-0.2, -0.15) is 0 Å². The van der Waals surface area contributed by atoms with Gasteiger partial charge in [-0.05, 0) is 60.6 Å². The van der Waals surface area contributed by atoms with Gasteiger partial charge in [0.05, 0.1) is 12.6 Å². The molecule has 0 radical (unpaired) electrons. The molecule has 0 saturated carbocycles. The first-order valence-electron chi connectivity index (χ1n) is 9.76. The van der Waals surface area contributed by atoms with Gasteiger partial charge in [0.1, 0.15) is 0 Å². The molecule has 2 aromatic rings. The standard InChI is InChI=1S/C23H25ClN2O/c1-15(2)12-21-20-13-17(5-6-18(20)14-25-21)23(27)26-11-3-4-22(26)16-7-9-19(24)10-8-16/h5-10,13,15,22H,3-4,11-12,14H2,1-2H3/t22-/m0/s1. The van der Waals surface area contributed by atoms with Crippen LogP contribution in [0.15, 0.2) is 47.5 Å². The maximum atomic E-state index is 13.3. The number of halogens is 1. The molecular weight excluding hydrogens is 356 g/mol. The average molecular weight is 381 g/mol. The third-order valence-electron chi connectivity index (χ3n) is 5.48. The van der Waals surface area contributed by atoms with Gasteiger partial charge in [0.2, 0.25) is 0 Å². The van der Waals surface area contributed by atoms with Gasteiger partial charge < -0.3 is 4.90 Å². The van der Waals surface area contributed by atoms with Crippen LogP contribution in [-0.2, 0) is 6.54 Å². The van der Waals surface area contributed by atoms with Crippen molar-refractivity contribution >= 4 is 23.2 Å². The second-order valence-corrected chi connectivity index (χ2v) is 8.38. The molecule has 2 heterocycles. The van der Waals surface area contributed by atoms with E-state index in [4.69, 9.17) is 16.6 Å². The number of carbonyl (C=O) groups is 1. The van der Waals surface area contributed by atoms with Crippen LogP contribution in [0.1, 0.15) is 66.2 Å². The molecule has 4 heteroatoms. The monoisotopic (exact) mass is 380 g/mol. The number of fused-ring (bicyclic) bond motifs is 1. The number of nitrogens with zero attached hydrogens (tertiary/aromatic N) is 2. The van der Waals surface area contributed by atoms with Gasteiger partial charge >= 0.3 is 0 Å². The van der Waals surface area contributed by atoms with Crippen molar-refractivity contribution in [1.29, 1.82) is 0 Å². The third-order valence-corrected chi connectivity index (χ3v) is 5.73. The lowest BCUT2D eigenvalue weighted by Gasteiger charge is -2.25. The number of aliphatic imine (C=N–C) groups is 1. The summed E-state index contributed by atoms with van der Waals surface area (Å²) in [5, 5.41) is 0.727. The molecule has 0 spiro atoms. The predicted octanol–water partition coefficient (Wildman–Crippen LogP) is 5.67. The molecule has 27 heavy (non-hydrogen) atoms. The summed E-state index contributed by atoms with van der Waals surface area (Å²) in [4.78, 5) is 20.0. The van der Waals surface area contributed by atoms with Gasteiger partial charge in [0.15, 0.2) is 0 Å². The fourth-order valence-corrected chi connectivity index (χ4v) is 4.28. The van der Waals surface area contributed by atoms with Crippen molar-refractivity contribution in [3.8, 4) is 0 Å². The molecule has 4 rings (SSSR count). The molecule has 1 atom stereocenters. The number of amides is 1. The van der Waals surface area contributed by atoms with Crippen molar-refractivity contribution in [2.24, 2.45) is 10.9 Å². The van der Waals surface area contributed by atoms with Crippen LogP contribution >= 0.6 is 11.6 Å². The topological polar surface area (TPSA) is 32.7 Å². The smallest absolute Gasteiger partial charge is 0.254 e. The highest BCUT2D eigenvalue weighted by atomic mass is 35.5. The van der Waals surface area contributed by atoms with Crippen LogP contribution in [-0.4, -0.2) is 23.1 Å². The van der Waals surface area contributed by atoms with E-state index in [0.29, 0.717) is 5.92 Å². The molecule has 1 saturated heterocycles. The average Bonchev–Trinajstić information content (AvgIpc) is 3.28. The minimum atomic E-state index is 0.117. The highest BCUT2D eigenvalue weighted by Crippen LogP contribution is 2.34. The Kier molecular flexibility index (Phi) is 5.05. The normalized spacial score (nSPS) is 18.7. The number of hydrogen-bond donors (Lipinski definition) is 0. The van der Waals surface area contributed by atoms with Crippen LogP contribution in [0.2, 0.25) is 5.02 Å². The predicted molar refractivity (Wildman–Crippen MR) is 111 cm³/mol. The van der Waals surface area contributed by atoms with Crippen molar-refractivity contribution < 1.29 is 4.79 Å². The van der Waals surface area contributed by atoms with Crippen LogP contribution in [0, 0.1) is 5.92 Å². The van der Waals surface area contributed by atoms with Gasteiger partial charge in [-0.15, -0.1) is 0 Å². The Bertz CT molecular complexity index is 886. The van der Waals surface area contributed by atoms with E-state index in [-0.39, 0.29) is 11.9 Å². The lowest BCUT2D eigenvalue weighted by Crippen LogP contribution is -2.30. The Morgan fingerprint density at radius 2 is 2.00 bits per heavy atom. The van der Waals surface area contributed by atoms with E-state index in [1.807, 2.05) is 35.2 Å². The first-order chi connectivity index (χ1) is 13.0. The summed E-state index contributed by atoms with van der Waals surface area (Å²) in [6.45, 7) is 5.95. The Hall–Kier alpha value is -2.13. The molecule has 3 nitrogen and oxygen atoms in total. The molecule has 2 aliphatic rings. The van der Waals surface area contributed by atoms with E-state index in [1.165, 1.54) is 5.56 Å². The number of carbonyl (C=O) groups excluding carboxylic acids is 1. The molecule has 0 bridgehead atoms. The summed E-state index contributed by atoms with van der Waals surface area (Å²) in [5.74, 6) is 0.674. The second kappa shape index (κ2) is 7.47. The van der Waals surface area contributed by atoms with Crippen LogP contribution in [0.4, 0.5) is 0 Å². The quantitative estimate of drug-likeness (QED) is 0.672. The minimum absolute atomic E-state index is 0.117. The van der Waals surface area contributed by atoms with Gasteiger partial charge in [-0.3, -0.25) is 9.79 Å². The van der Waals surface area contributed by atoms with Crippen molar-refractivity contribution in [2.75, 3.05) is 6.54 Å². The summed E-state index contributed by atoms with van der Waals surface area (Å²) in [6, 6.07) is 14.1. The Balaban J connectivity index is 1.59. The molecule has 2 aromatic carbocycles. The summed E-state index contributed by atoms with van der Waals surface area (Å²) >= 11 is 6.03. The Labute approximate surface area is 166 Å². The zero-order valence-corrected chi connectivity index (χ0v) is 16.7. The number of hydrogen-bond acceptors (Lipinski definition) is 2. The van der Waals surface area contributed by atoms with Gasteiger partial charge in [0, 0.05) is 28.4 Å². The van der Waals surface area contributed by atoms with Gasteiger partial charge in [-0.25, -0.2) is 0 Å². The Morgan fingerprint density at radius 1 is 1.22 bits per heavy atom. The first kappa shape index (κ1) is 18.2. The molecule has 0 aromatic heterocycles. The number of rotatable bonds is 4. The van der Waals surface area contributed by atoms with E-state index in [9.17, 15) is 4.79 Å². The first-order valence-corrected chi connectivity index (χ1v) is 10.1. The molecule has 2 aliphatic heterocycles. The summed E-state index contributed by atoms with van der Waals surface area (Å²) in [7, 11) is 0. The zero-order chi connectivity index (χ0) is 19.0. The van der Waals surface area contributed by atoms with E-state index < -0.39 is 0 Å². The fourth-order valence-electron chi connectivity index (χ4n) is 4.15. The summed E-state index contributed by atoms with van der Waals surface area (Å²) < 4.78 is 0. The van der Waals surface area contributed by atoms with E-state index in [2.05, 4.69) is 26.0 Å². The fraction of sp³-hybridized carbons (Fsp3) is 0.391. The summed E-state index contributed by atoms with van der Waals surface area (Å²) in [6.07, 6.45) is 2.99. The largest absolute Gasteiger partial charge is 0.332 e. The second-order valence-electron chi connectivity index (χ2n) is 7.94.